The number of hydrogen-bond donors (Lipinski definition) is 5. The second-order valence-electron chi connectivity index (χ2n) is 11.6. The van der Waals surface area contributed by atoms with Gasteiger partial charge in [0.15, 0.2) is 0 Å². The molecule has 1 saturated carbocycles. The molecule has 0 spiro atoms. The van der Waals surface area contributed by atoms with Gasteiger partial charge in [-0.15, -0.1) is 5.53 Å². The number of aromatic amines is 1. The van der Waals surface area contributed by atoms with Gasteiger partial charge in [0.05, 0.1) is 34.7 Å². The molecule has 0 saturated heterocycles. The van der Waals surface area contributed by atoms with Gasteiger partial charge in [0.1, 0.15) is 11.9 Å². The molecule has 1 unspecified atom stereocenters. The van der Waals surface area contributed by atoms with Crippen LogP contribution in [-0.2, 0) is 0 Å². The van der Waals surface area contributed by atoms with E-state index in [0.717, 1.165) is 57.5 Å². The van der Waals surface area contributed by atoms with Crippen molar-refractivity contribution in [2.45, 2.75) is 45.7 Å². The fourth-order valence-corrected chi connectivity index (χ4v) is 4.84. The van der Waals surface area contributed by atoms with E-state index in [-0.39, 0.29) is 17.3 Å². The first-order valence-corrected chi connectivity index (χ1v) is 13.4. The Labute approximate surface area is 232 Å². The summed E-state index contributed by atoms with van der Waals surface area (Å²) < 4.78 is 13.9. The SMILES string of the molecule is CC(C)(C)CNc1c(C#N)cnc2c(-c3cn[nH]c3)cc(NC(C3=CN(C4CC4)NN3)c3ccc(F)cc3)cc12. The largest absolute Gasteiger partial charge is 0.383 e. The number of H-pyrrole nitrogens is 1. The standard InChI is InChI=1S/C30H32FN9/c1-30(2,3)17-34-27-19(12-32)13-33-29-24(20-14-35-36-15-20)10-22(11-25(27)29)37-28(18-4-6-21(31)7-5-18)26-16-40(39-38-26)23-8-9-23/h4-7,10-11,13-16,23,28,37-39H,8-9,17H2,1-3H3,(H,33,34)(H,35,36). The first-order chi connectivity index (χ1) is 19.3. The van der Waals surface area contributed by atoms with Crippen molar-refractivity contribution in [2.75, 3.05) is 17.2 Å². The fourth-order valence-electron chi connectivity index (χ4n) is 4.84. The summed E-state index contributed by atoms with van der Waals surface area (Å²) in [6.45, 7) is 7.12. The van der Waals surface area contributed by atoms with Crippen molar-refractivity contribution < 1.29 is 4.39 Å². The van der Waals surface area contributed by atoms with Gasteiger partial charge >= 0.3 is 0 Å². The Morgan fingerprint density at radius 3 is 2.65 bits per heavy atom. The van der Waals surface area contributed by atoms with Crippen molar-refractivity contribution in [3.05, 3.63) is 83.8 Å². The molecule has 2 aliphatic rings. The predicted octanol–water partition coefficient (Wildman–Crippen LogP) is 5.58. The molecule has 0 radical (unpaired) electrons. The molecule has 1 atom stereocenters. The Morgan fingerprint density at radius 1 is 1.18 bits per heavy atom. The molecule has 1 aliphatic carbocycles. The lowest BCUT2D eigenvalue weighted by Crippen LogP contribution is -2.38. The average Bonchev–Trinajstić information content (AvgIpc) is 3.42. The molecule has 0 amide bonds. The molecule has 2 aromatic heterocycles. The lowest BCUT2D eigenvalue weighted by Gasteiger charge is -2.24. The number of hydrazine groups is 2. The van der Waals surface area contributed by atoms with Crippen LogP contribution >= 0.6 is 0 Å². The molecule has 2 aromatic carbocycles. The van der Waals surface area contributed by atoms with Crippen LogP contribution < -0.4 is 21.6 Å². The van der Waals surface area contributed by atoms with E-state index >= 15 is 0 Å². The van der Waals surface area contributed by atoms with E-state index in [4.69, 9.17) is 4.98 Å². The number of aromatic nitrogens is 3. The van der Waals surface area contributed by atoms with Gasteiger partial charge in [-0.3, -0.25) is 15.1 Å². The van der Waals surface area contributed by atoms with Crippen LogP contribution in [0, 0.1) is 22.6 Å². The smallest absolute Gasteiger partial charge is 0.123 e. The third kappa shape index (κ3) is 5.28. The number of halogens is 1. The highest BCUT2D eigenvalue weighted by atomic mass is 19.1. The summed E-state index contributed by atoms with van der Waals surface area (Å²) in [7, 11) is 0. The zero-order valence-corrected chi connectivity index (χ0v) is 22.7. The van der Waals surface area contributed by atoms with Crippen molar-refractivity contribution in [2.24, 2.45) is 5.41 Å². The maximum Gasteiger partial charge on any atom is 0.123 e. The summed E-state index contributed by atoms with van der Waals surface area (Å²) in [5.74, 6) is -0.286. The third-order valence-electron chi connectivity index (χ3n) is 7.07. The zero-order chi connectivity index (χ0) is 27.9. The Hall–Kier alpha value is -4.62. The van der Waals surface area contributed by atoms with Crippen LogP contribution in [-0.4, -0.2) is 32.8 Å². The number of nitrogens with zero attached hydrogens (tertiary/aromatic N) is 4. The van der Waals surface area contributed by atoms with Crippen molar-refractivity contribution in [3.63, 3.8) is 0 Å². The van der Waals surface area contributed by atoms with Crippen LogP contribution in [0.5, 0.6) is 0 Å². The maximum absolute atomic E-state index is 13.9. The van der Waals surface area contributed by atoms with E-state index in [2.05, 4.69) is 69.8 Å². The van der Waals surface area contributed by atoms with Crippen LogP contribution in [0.4, 0.5) is 15.8 Å². The topological polar surface area (TPSA) is 117 Å². The van der Waals surface area contributed by atoms with Crippen LogP contribution in [0.3, 0.4) is 0 Å². The van der Waals surface area contributed by atoms with Crippen molar-refractivity contribution >= 4 is 22.3 Å². The quantitative estimate of drug-likeness (QED) is 0.198. The van der Waals surface area contributed by atoms with Crippen LogP contribution in [0.15, 0.2) is 66.9 Å². The van der Waals surface area contributed by atoms with Crippen LogP contribution in [0.25, 0.3) is 22.0 Å². The lowest BCUT2D eigenvalue weighted by molar-refractivity contribution is 0.260. The minimum atomic E-state index is -0.301. The molecular formula is C30H32FN9. The van der Waals surface area contributed by atoms with Gasteiger partial charge in [-0.2, -0.15) is 10.4 Å². The Morgan fingerprint density at radius 2 is 1.98 bits per heavy atom. The molecular weight excluding hydrogens is 505 g/mol. The summed E-state index contributed by atoms with van der Waals surface area (Å²) in [5.41, 5.74) is 12.9. The Balaban J connectivity index is 1.48. The molecule has 5 N–H and O–H groups in total. The second-order valence-corrected chi connectivity index (χ2v) is 11.6. The highest BCUT2D eigenvalue weighted by molar-refractivity contribution is 6.04. The van der Waals surface area contributed by atoms with Crippen LogP contribution in [0.1, 0.15) is 50.8 Å². The number of hydrogen-bond acceptors (Lipinski definition) is 8. The maximum atomic E-state index is 13.9. The molecule has 0 bridgehead atoms. The number of nitrogens with one attached hydrogen (secondary N) is 5. The number of rotatable bonds is 8. The van der Waals surface area contributed by atoms with E-state index in [9.17, 15) is 9.65 Å². The number of fused-ring (bicyclic) bond motifs is 1. The minimum Gasteiger partial charge on any atom is -0.383 e. The average molecular weight is 538 g/mol. The highest BCUT2D eigenvalue weighted by Gasteiger charge is 2.32. The summed E-state index contributed by atoms with van der Waals surface area (Å²) in [6.07, 6.45) is 9.57. The lowest BCUT2D eigenvalue weighted by atomic mass is 9.95. The van der Waals surface area contributed by atoms with Crippen molar-refractivity contribution in [1.29, 1.82) is 5.26 Å². The molecule has 10 heteroatoms. The molecule has 3 heterocycles. The fraction of sp³-hybridized carbons (Fsp3) is 0.300. The predicted molar refractivity (Wildman–Crippen MR) is 154 cm³/mol. The van der Waals surface area contributed by atoms with E-state index < -0.39 is 0 Å². The number of anilines is 2. The van der Waals surface area contributed by atoms with Crippen LogP contribution in [0.2, 0.25) is 0 Å². The molecule has 204 valence electrons. The molecule has 1 aliphatic heterocycles. The summed E-state index contributed by atoms with van der Waals surface area (Å²) in [6, 6.07) is 13.1. The minimum absolute atomic E-state index is 0.000293. The first kappa shape index (κ1) is 25.6. The summed E-state index contributed by atoms with van der Waals surface area (Å²) in [4.78, 5) is 4.70. The number of pyridine rings is 1. The van der Waals surface area contributed by atoms with Gasteiger partial charge in [-0.05, 0) is 48.1 Å². The summed E-state index contributed by atoms with van der Waals surface area (Å²) >= 11 is 0. The Bertz CT molecular complexity index is 1590. The van der Waals surface area contributed by atoms with Gasteiger partial charge in [0.25, 0.3) is 0 Å². The number of benzene rings is 2. The van der Waals surface area contributed by atoms with E-state index in [1.165, 1.54) is 12.1 Å². The van der Waals surface area contributed by atoms with Gasteiger partial charge in [0.2, 0.25) is 0 Å². The van der Waals surface area contributed by atoms with Crippen molar-refractivity contribution in [1.82, 2.24) is 31.2 Å². The Kier molecular flexibility index (Phi) is 6.52. The molecule has 40 heavy (non-hydrogen) atoms. The van der Waals surface area contributed by atoms with E-state index in [0.29, 0.717) is 18.2 Å². The second kappa shape index (κ2) is 10.2. The van der Waals surface area contributed by atoms with Gasteiger partial charge in [-0.1, -0.05) is 32.9 Å². The van der Waals surface area contributed by atoms with Crippen molar-refractivity contribution in [3.8, 4) is 17.2 Å². The normalized spacial score (nSPS) is 15.9. The van der Waals surface area contributed by atoms with E-state index in [1.807, 2.05) is 18.3 Å². The molecule has 4 aromatic rings. The van der Waals surface area contributed by atoms with Gasteiger partial charge in [-0.25, -0.2) is 4.39 Å². The monoisotopic (exact) mass is 537 g/mol. The first-order valence-electron chi connectivity index (χ1n) is 13.4. The third-order valence-corrected chi connectivity index (χ3v) is 7.07. The van der Waals surface area contributed by atoms with Gasteiger partial charge in [0, 0.05) is 53.4 Å². The van der Waals surface area contributed by atoms with E-state index in [1.54, 1.807) is 24.5 Å². The number of nitriles is 1. The molecule has 9 nitrogen and oxygen atoms in total. The summed E-state index contributed by atoms with van der Waals surface area (Å²) in [5, 5.41) is 27.1. The van der Waals surface area contributed by atoms with Gasteiger partial charge < -0.3 is 16.1 Å². The zero-order valence-electron chi connectivity index (χ0n) is 22.7. The molecule has 6 rings (SSSR count). The molecule has 1 fully saturated rings. The highest BCUT2D eigenvalue weighted by Crippen LogP contribution is 2.38.